The number of benzene rings is 3. The largest absolute Gasteiger partial charge is 0.493 e. The number of non-ortho nitro benzene ring substituents is 1. The standard InChI is InChI=1S/C20H15NO5/c1-25-18-9-5-6-10-19(18)26-17-12-11-15(21(23)24)13-16(17)20(22)14-7-3-2-4-8-14/h2-13H,1H3. The highest BCUT2D eigenvalue weighted by molar-refractivity contribution is 6.11. The first-order valence-electron chi connectivity index (χ1n) is 7.79. The number of para-hydroxylation sites is 2. The van der Waals surface area contributed by atoms with E-state index in [0.717, 1.165) is 0 Å². The third-order valence-corrected chi connectivity index (χ3v) is 3.74. The van der Waals surface area contributed by atoms with E-state index in [2.05, 4.69) is 0 Å². The van der Waals surface area contributed by atoms with Crippen LogP contribution in [0.2, 0.25) is 0 Å². The van der Waals surface area contributed by atoms with Crippen molar-refractivity contribution in [2.45, 2.75) is 0 Å². The number of nitro benzene ring substituents is 1. The minimum atomic E-state index is -0.547. The van der Waals surface area contributed by atoms with E-state index >= 15 is 0 Å². The average molecular weight is 349 g/mol. The van der Waals surface area contributed by atoms with E-state index in [-0.39, 0.29) is 22.8 Å². The molecule has 3 rings (SSSR count). The van der Waals surface area contributed by atoms with Gasteiger partial charge in [0.25, 0.3) is 5.69 Å². The number of carbonyl (C=O) groups is 1. The molecule has 0 amide bonds. The van der Waals surface area contributed by atoms with Gasteiger partial charge >= 0.3 is 0 Å². The van der Waals surface area contributed by atoms with Gasteiger partial charge in [-0.1, -0.05) is 42.5 Å². The highest BCUT2D eigenvalue weighted by Gasteiger charge is 2.20. The molecule has 0 spiro atoms. The lowest BCUT2D eigenvalue weighted by molar-refractivity contribution is -0.384. The Labute approximate surface area is 149 Å². The lowest BCUT2D eigenvalue weighted by Crippen LogP contribution is -2.05. The predicted molar refractivity (Wildman–Crippen MR) is 96.0 cm³/mol. The Morgan fingerprint density at radius 3 is 2.19 bits per heavy atom. The lowest BCUT2D eigenvalue weighted by Gasteiger charge is -2.13. The van der Waals surface area contributed by atoms with Crippen LogP contribution in [0, 0.1) is 10.1 Å². The van der Waals surface area contributed by atoms with Gasteiger partial charge in [0, 0.05) is 17.7 Å². The first kappa shape index (κ1) is 17.2. The molecule has 0 aromatic heterocycles. The van der Waals surface area contributed by atoms with Crippen LogP contribution in [0.1, 0.15) is 15.9 Å². The fourth-order valence-electron chi connectivity index (χ4n) is 2.46. The number of methoxy groups -OCH3 is 1. The monoisotopic (exact) mass is 349 g/mol. The summed E-state index contributed by atoms with van der Waals surface area (Å²) in [5.74, 6) is 0.753. The summed E-state index contributed by atoms with van der Waals surface area (Å²) in [6, 6.07) is 19.4. The van der Waals surface area contributed by atoms with Crippen LogP contribution in [-0.4, -0.2) is 17.8 Å². The minimum Gasteiger partial charge on any atom is -0.493 e. The molecule has 0 unspecified atom stereocenters. The van der Waals surface area contributed by atoms with Crippen LogP contribution in [0.3, 0.4) is 0 Å². The Kier molecular flexibility index (Phi) is 4.94. The molecule has 0 saturated heterocycles. The summed E-state index contributed by atoms with van der Waals surface area (Å²) < 4.78 is 11.1. The number of hydrogen-bond donors (Lipinski definition) is 0. The van der Waals surface area contributed by atoms with E-state index in [1.165, 1.54) is 25.3 Å². The van der Waals surface area contributed by atoms with Crippen molar-refractivity contribution in [2.75, 3.05) is 7.11 Å². The van der Waals surface area contributed by atoms with E-state index in [0.29, 0.717) is 17.1 Å². The summed E-state index contributed by atoms with van der Waals surface area (Å²) in [4.78, 5) is 23.4. The van der Waals surface area contributed by atoms with Crippen molar-refractivity contribution in [3.05, 3.63) is 94.0 Å². The number of hydrogen-bond acceptors (Lipinski definition) is 5. The Morgan fingerprint density at radius 1 is 0.885 bits per heavy atom. The van der Waals surface area contributed by atoms with Crippen molar-refractivity contribution in [1.29, 1.82) is 0 Å². The zero-order valence-corrected chi connectivity index (χ0v) is 13.9. The second kappa shape index (κ2) is 7.48. The molecule has 3 aromatic carbocycles. The molecule has 0 fully saturated rings. The molecule has 3 aromatic rings. The van der Waals surface area contributed by atoms with Gasteiger partial charge in [-0.3, -0.25) is 14.9 Å². The van der Waals surface area contributed by atoms with Gasteiger partial charge in [0.2, 0.25) is 0 Å². The summed E-state index contributed by atoms with van der Waals surface area (Å²) in [5.41, 5.74) is 0.339. The minimum absolute atomic E-state index is 0.108. The van der Waals surface area contributed by atoms with E-state index in [9.17, 15) is 14.9 Å². The predicted octanol–water partition coefficient (Wildman–Crippen LogP) is 4.63. The molecule has 0 aliphatic rings. The molecule has 0 N–H and O–H groups in total. The third-order valence-electron chi connectivity index (χ3n) is 3.74. The van der Waals surface area contributed by atoms with Crippen LogP contribution in [0.5, 0.6) is 17.2 Å². The normalized spacial score (nSPS) is 10.2. The van der Waals surface area contributed by atoms with E-state index in [1.54, 1.807) is 54.6 Å². The molecule has 26 heavy (non-hydrogen) atoms. The van der Waals surface area contributed by atoms with Crippen LogP contribution in [0.4, 0.5) is 5.69 Å². The van der Waals surface area contributed by atoms with E-state index in [1.807, 2.05) is 0 Å². The number of carbonyl (C=O) groups excluding carboxylic acids is 1. The molecule has 0 aliphatic carbocycles. The third kappa shape index (κ3) is 3.54. The summed E-state index contributed by atoms with van der Waals surface area (Å²) in [6.45, 7) is 0. The van der Waals surface area contributed by atoms with Crippen molar-refractivity contribution in [1.82, 2.24) is 0 Å². The van der Waals surface area contributed by atoms with Gasteiger partial charge in [-0.2, -0.15) is 0 Å². The molecule has 0 heterocycles. The van der Waals surface area contributed by atoms with Gasteiger partial charge < -0.3 is 9.47 Å². The molecule has 6 heteroatoms. The molecule has 130 valence electrons. The topological polar surface area (TPSA) is 78.7 Å². The smallest absolute Gasteiger partial charge is 0.270 e. The van der Waals surface area contributed by atoms with Crippen molar-refractivity contribution in [2.24, 2.45) is 0 Å². The van der Waals surface area contributed by atoms with Crippen LogP contribution in [0.15, 0.2) is 72.8 Å². The van der Waals surface area contributed by atoms with Crippen LogP contribution >= 0.6 is 0 Å². The van der Waals surface area contributed by atoms with Gasteiger partial charge in [-0.15, -0.1) is 0 Å². The maximum Gasteiger partial charge on any atom is 0.270 e. The zero-order chi connectivity index (χ0) is 18.5. The summed E-state index contributed by atoms with van der Waals surface area (Å²) in [6.07, 6.45) is 0. The molecule has 6 nitrogen and oxygen atoms in total. The molecular formula is C20H15NO5. The van der Waals surface area contributed by atoms with Gasteiger partial charge in [0.1, 0.15) is 5.75 Å². The Bertz CT molecular complexity index is 953. The first-order valence-corrected chi connectivity index (χ1v) is 7.79. The van der Waals surface area contributed by atoms with Crippen LogP contribution in [0.25, 0.3) is 0 Å². The first-order chi connectivity index (χ1) is 12.6. The van der Waals surface area contributed by atoms with Crippen molar-refractivity contribution in [3.8, 4) is 17.2 Å². The zero-order valence-electron chi connectivity index (χ0n) is 13.9. The molecule has 0 bridgehead atoms. The quantitative estimate of drug-likeness (QED) is 0.368. The van der Waals surface area contributed by atoms with Crippen LogP contribution < -0.4 is 9.47 Å². The van der Waals surface area contributed by atoms with Gasteiger partial charge in [0.15, 0.2) is 17.3 Å². The fourth-order valence-corrected chi connectivity index (χ4v) is 2.46. The summed E-state index contributed by atoms with van der Waals surface area (Å²) >= 11 is 0. The van der Waals surface area contributed by atoms with Gasteiger partial charge in [-0.25, -0.2) is 0 Å². The van der Waals surface area contributed by atoms with E-state index < -0.39 is 4.92 Å². The molecule has 0 saturated carbocycles. The number of nitrogens with zero attached hydrogens (tertiary/aromatic N) is 1. The van der Waals surface area contributed by atoms with Gasteiger partial charge in [-0.05, 0) is 18.2 Å². The fraction of sp³-hybridized carbons (Fsp3) is 0.0500. The van der Waals surface area contributed by atoms with Crippen molar-refractivity contribution >= 4 is 11.5 Å². The van der Waals surface area contributed by atoms with Crippen molar-refractivity contribution in [3.63, 3.8) is 0 Å². The Balaban J connectivity index is 2.07. The molecule has 0 radical (unpaired) electrons. The number of rotatable bonds is 6. The maximum absolute atomic E-state index is 12.9. The van der Waals surface area contributed by atoms with Gasteiger partial charge in [0.05, 0.1) is 17.6 Å². The Morgan fingerprint density at radius 2 is 1.54 bits per heavy atom. The molecule has 0 atom stereocenters. The van der Waals surface area contributed by atoms with E-state index in [4.69, 9.17) is 9.47 Å². The average Bonchev–Trinajstić information content (AvgIpc) is 2.68. The second-order valence-corrected chi connectivity index (χ2v) is 5.39. The number of ketones is 1. The maximum atomic E-state index is 12.9. The highest BCUT2D eigenvalue weighted by Crippen LogP contribution is 2.35. The second-order valence-electron chi connectivity index (χ2n) is 5.39. The summed E-state index contributed by atoms with van der Waals surface area (Å²) in [7, 11) is 1.51. The molecular weight excluding hydrogens is 334 g/mol. The van der Waals surface area contributed by atoms with Crippen LogP contribution in [-0.2, 0) is 0 Å². The summed E-state index contributed by atoms with van der Waals surface area (Å²) in [5, 5.41) is 11.1. The number of nitro groups is 1. The molecule has 0 aliphatic heterocycles. The SMILES string of the molecule is COc1ccccc1Oc1ccc([N+](=O)[O-])cc1C(=O)c1ccccc1. The highest BCUT2D eigenvalue weighted by atomic mass is 16.6. The lowest BCUT2D eigenvalue weighted by atomic mass is 10.0. The number of ether oxygens (including phenoxy) is 2. The van der Waals surface area contributed by atoms with Crippen molar-refractivity contribution < 1.29 is 19.2 Å². The Hall–Kier alpha value is -3.67.